The number of carbonyl (C=O) groups excluding carboxylic acids is 1. The maximum Gasteiger partial charge on any atom is 0.211 e. The molecule has 0 aliphatic heterocycles. The molecule has 0 aliphatic carbocycles. The van der Waals surface area contributed by atoms with Gasteiger partial charge >= 0.3 is 0 Å². The second-order valence-electron chi connectivity index (χ2n) is 4.87. The van der Waals surface area contributed by atoms with Crippen LogP contribution < -0.4 is 14.4 Å². The molecule has 0 atom stereocenters. The lowest BCUT2D eigenvalue weighted by molar-refractivity contribution is -0.179. The van der Waals surface area contributed by atoms with E-state index in [9.17, 15) is 4.79 Å². The number of carbonyl (C=O) groups is 1. The zero-order valence-corrected chi connectivity index (χ0v) is 13.5. The average molecular weight is 316 g/mol. The Hall–Kier alpha value is -2.53. The first kappa shape index (κ1) is 16.8. The maximum atomic E-state index is 12.2. The Kier molecular flexibility index (Phi) is 6.00. The number of methoxy groups -OCH3 is 1. The van der Waals surface area contributed by atoms with Gasteiger partial charge in [-0.3, -0.25) is 4.79 Å². The normalized spacial score (nSPS) is 10.2. The van der Waals surface area contributed by atoms with Crippen LogP contribution in [-0.2, 0) is 4.89 Å². The number of aryl methyl sites for hydroxylation is 1. The number of benzene rings is 2. The van der Waals surface area contributed by atoms with Crippen molar-refractivity contribution in [1.29, 1.82) is 0 Å². The Bertz CT molecular complexity index is 666. The fourth-order valence-electron chi connectivity index (χ4n) is 2.24. The van der Waals surface area contributed by atoms with Crippen molar-refractivity contribution < 1.29 is 24.0 Å². The molecule has 2 rings (SSSR count). The molecule has 0 saturated carbocycles. The Morgan fingerprint density at radius 2 is 1.74 bits per heavy atom. The van der Waals surface area contributed by atoms with Crippen LogP contribution in [0.3, 0.4) is 0 Å². The number of hydrogen-bond acceptors (Lipinski definition) is 5. The smallest absolute Gasteiger partial charge is 0.211 e. The molecule has 122 valence electrons. The van der Waals surface area contributed by atoms with E-state index in [0.29, 0.717) is 17.2 Å². The second-order valence-corrected chi connectivity index (χ2v) is 4.87. The number of rotatable bonds is 8. The van der Waals surface area contributed by atoms with E-state index in [1.54, 1.807) is 18.2 Å². The van der Waals surface area contributed by atoms with Gasteiger partial charge in [0.15, 0.2) is 11.5 Å². The summed E-state index contributed by atoms with van der Waals surface area (Å²) < 4.78 is 10.9. The molecule has 0 spiro atoms. The number of hydrogen-bond donors (Lipinski definition) is 0. The van der Waals surface area contributed by atoms with Crippen molar-refractivity contribution in [2.45, 2.75) is 13.3 Å². The minimum atomic E-state index is 0.0476. The first-order valence-electron chi connectivity index (χ1n) is 7.26. The summed E-state index contributed by atoms with van der Waals surface area (Å²) in [6.45, 7) is 2.17. The van der Waals surface area contributed by atoms with Gasteiger partial charge in [-0.05, 0) is 24.6 Å². The van der Waals surface area contributed by atoms with Crippen LogP contribution in [0, 0.1) is 6.92 Å². The molecule has 0 bridgehead atoms. The molecule has 0 N–H and O–H groups in total. The standard InChI is InChI=1S/C18H20O5/c1-13-7-4-5-8-14(13)15(19)11-12-22-16-9-6-10-17(23-21-3)18(16)20-2/h4-10H,11-12H2,1-3H3. The molecule has 0 unspecified atom stereocenters. The highest BCUT2D eigenvalue weighted by atomic mass is 17.2. The lowest BCUT2D eigenvalue weighted by atomic mass is 10.0. The van der Waals surface area contributed by atoms with Crippen LogP contribution in [-0.4, -0.2) is 26.6 Å². The van der Waals surface area contributed by atoms with E-state index in [4.69, 9.17) is 14.4 Å². The summed E-state index contributed by atoms with van der Waals surface area (Å²) in [7, 11) is 2.93. The van der Waals surface area contributed by atoms with Gasteiger partial charge in [0.1, 0.15) is 0 Å². The average Bonchev–Trinajstić information content (AvgIpc) is 2.55. The Morgan fingerprint density at radius 3 is 2.43 bits per heavy atom. The fourth-order valence-corrected chi connectivity index (χ4v) is 2.24. The van der Waals surface area contributed by atoms with Gasteiger partial charge in [-0.2, -0.15) is 4.89 Å². The molecule has 0 aliphatic rings. The maximum absolute atomic E-state index is 12.2. The van der Waals surface area contributed by atoms with Gasteiger partial charge < -0.3 is 14.4 Å². The van der Waals surface area contributed by atoms with Crippen molar-refractivity contribution in [1.82, 2.24) is 0 Å². The fraction of sp³-hybridized carbons (Fsp3) is 0.278. The molecule has 0 radical (unpaired) electrons. The Balaban J connectivity index is 2.00. The first-order valence-corrected chi connectivity index (χ1v) is 7.26. The van der Waals surface area contributed by atoms with Gasteiger partial charge in [0.05, 0.1) is 20.8 Å². The number of Topliss-reactive ketones (excluding diaryl/α,β-unsaturated/α-hetero) is 1. The summed E-state index contributed by atoms with van der Waals surface area (Å²) in [5.41, 5.74) is 1.69. The molecule has 23 heavy (non-hydrogen) atoms. The van der Waals surface area contributed by atoms with Gasteiger partial charge in [-0.15, -0.1) is 0 Å². The first-order chi connectivity index (χ1) is 11.2. The third kappa shape index (κ3) is 4.23. The topological polar surface area (TPSA) is 54.0 Å². The van der Waals surface area contributed by atoms with Crippen molar-refractivity contribution in [3.63, 3.8) is 0 Å². The summed E-state index contributed by atoms with van der Waals surface area (Å²) in [6, 6.07) is 12.7. The minimum absolute atomic E-state index is 0.0476. The van der Waals surface area contributed by atoms with E-state index in [-0.39, 0.29) is 18.8 Å². The van der Waals surface area contributed by atoms with Crippen molar-refractivity contribution in [3.8, 4) is 17.2 Å². The molecule has 0 fully saturated rings. The van der Waals surface area contributed by atoms with Crippen molar-refractivity contribution in [2.24, 2.45) is 0 Å². The third-order valence-electron chi connectivity index (χ3n) is 3.35. The van der Waals surface area contributed by atoms with E-state index < -0.39 is 0 Å². The van der Waals surface area contributed by atoms with Gasteiger partial charge in [-0.25, -0.2) is 0 Å². The molecule has 5 heteroatoms. The third-order valence-corrected chi connectivity index (χ3v) is 3.35. The van der Waals surface area contributed by atoms with Crippen LogP contribution in [0.2, 0.25) is 0 Å². The molecule has 5 nitrogen and oxygen atoms in total. The van der Waals surface area contributed by atoms with E-state index in [1.807, 2.05) is 31.2 Å². The Labute approximate surface area is 135 Å². The van der Waals surface area contributed by atoms with Crippen LogP contribution in [0.15, 0.2) is 42.5 Å². The van der Waals surface area contributed by atoms with Crippen molar-refractivity contribution in [3.05, 3.63) is 53.6 Å². The highest BCUT2D eigenvalue weighted by molar-refractivity contribution is 5.97. The molecule has 0 amide bonds. The summed E-state index contributed by atoms with van der Waals surface area (Å²) in [5.74, 6) is 1.39. The van der Waals surface area contributed by atoms with Gasteiger partial charge in [0.25, 0.3) is 0 Å². The van der Waals surface area contributed by atoms with Gasteiger partial charge in [-0.1, -0.05) is 30.3 Å². The molecule has 0 aromatic heterocycles. The number of para-hydroxylation sites is 1. The lowest BCUT2D eigenvalue weighted by Crippen LogP contribution is -2.08. The lowest BCUT2D eigenvalue weighted by Gasteiger charge is -2.13. The van der Waals surface area contributed by atoms with E-state index in [0.717, 1.165) is 11.1 Å². The van der Waals surface area contributed by atoms with Crippen molar-refractivity contribution in [2.75, 3.05) is 20.8 Å². The summed E-state index contributed by atoms with van der Waals surface area (Å²) in [6.07, 6.45) is 0.281. The minimum Gasteiger partial charge on any atom is -0.490 e. The highest BCUT2D eigenvalue weighted by Gasteiger charge is 2.14. The quantitative estimate of drug-likeness (QED) is 0.423. The molecular weight excluding hydrogens is 296 g/mol. The molecule has 2 aromatic carbocycles. The van der Waals surface area contributed by atoms with Crippen molar-refractivity contribution >= 4 is 5.78 Å². The molecule has 0 heterocycles. The molecule has 2 aromatic rings. The van der Waals surface area contributed by atoms with Crippen LogP contribution in [0.1, 0.15) is 22.3 Å². The van der Waals surface area contributed by atoms with E-state index >= 15 is 0 Å². The SMILES string of the molecule is COOc1cccc(OCCC(=O)c2ccccc2C)c1OC. The molecular formula is C18H20O5. The summed E-state index contributed by atoms with van der Waals surface area (Å²) in [4.78, 5) is 21.9. The molecule has 0 saturated heterocycles. The Morgan fingerprint density at radius 1 is 1.00 bits per heavy atom. The highest BCUT2D eigenvalue weighted by Crippen LogP contribution is 2.37. The number of ketones is 1. The number of ether oxygens (including phenoxy) is 2. The zero-order valence-electron chi connectivity index (χ0n) is 13.5. The zero-order chi connectivity index (χ0) is 16.7. The van der Waals surface area contributed by atoms with E-state index in [2.05, 4.69) is 4.89 Å². The van der Waals surface area contributed by atoms with Crippen LogP contribution in [0.5, 0.6) is 17.2 Å². The van der Waals surface area contributed by atoms with E-state index in [1.165, 1.54) is 14.2 Å². The predicted molar refractivity (Wildman–Crippen MR) is 86.3 cm³/mol. The van der Waals surface area contributed by atoms with Gasteiger partial charge in [0, 0.05) is 12.0 Å². The van der Waals surface area contributed by atoms with Crippen LogP contribution in [0.25, 0.3) is 0 Å². The van der Waals surface area contributed by atoms with Gasteiger partial charge in [0.2, 0.25) is 11.5 Å². The van der Waals surface area contributed by atoms with Crippen LogP contribution >= 0.6 is 0 Å². The summed E-state index contributed by atoms with van der Waals surface area (Å²) in [5, 5.41) is 0. The largest absolute Gasteiger partial charge is 0.490 e. The van der Waals surface area contributed by atoms with Crippen LogP contribution in [0.4, 0.5) is 0 Å². The predicted octanol–water partition coefficient (Wildman–Crippen LogP) is 3.60. The summed E-state index contributed by atoms with van der Waals surface area (Å²) >= 11 is 0. The second kappa shape index (κ2) is 8.19. The monoisotopic (exact) mass is 316 g/mol.